The second-order valence-corrected chi connectivity index (χ2v) is 6.80. The molecule has 8 N–H and O–H groups in total. The molecule has 0 saturated carbocycles. The second-order valence-electron chi connectivity index (χ2n) is 6.80. The lowest BCUT2D eigenvalue weighted by Gasteiger charge is -2.19. The number of rotatable bonds is 15. The number of aliphatic hydroxyl groups is 1. The highest BCUT2D eigenvalue weighted by Crippen LogP contribution is 2.03. The number of amides is 4. The molecule has 13 nitrogen and oxygen atoms in total. The summed E-state index contributed by atoms with van der Waals surface area (Å²) in [4.78, 5) is 58.2. The molecule has 1 aromatic carbocycles. The molecule has 1 rings (SSSR count). The van der Waals surface area contributed by atoms with Crippen LogP contribution in [-0.4, -0.2) is 84.9 Å². The van der Waals surface area contributed by atoms with Crippen molar-refractivity contribution in [1.29, 1.82) is 0 Å². The van der Waals surface area contributed by atoms with Gasteiger partial charge in [-0.2, -0.15) is 0 Å². The first-order valence-electron chi connectivity index (χ1n) is 10.1. The molecule has 0 bridgehead atoms. The molecule has 33 heavy (non-hydrogen) atoms. The zero-order valence-corrected chi connectivity index (χ0v) is 17.9. The lowest BCUT2D eigenvalue weighted by molar-refractivity contribution is -0.147. The Morgan fingerprint density at radius 2 is 1.61 bits per heavy atom. The summed E-state index contributed by atoms with van der Waals surface area (Å²) < 4.78 is 5.00. The van der Waals surface area contributed by atoms with Gasteiger partial charge in [0.25, 0.3) is 0 Å². The van der Waals surface area contributed by atoms with Crippen LogP contribution in [0.4, 0.5) is 0 Å². The smallest absolute Gasteiger partial charge is 0.332 e. The number of carboxylic acid groups (broad SMARTS) is 1. The third kappa shape index (κ3) is 12.2. The molecule has 0 saturated heterocycles. The van der Waals surface area contributed by atoms with E-state index in [0.29, 0.717) is 0 Å². The largest absolute Gasteiger partial charge is 0.479 e. The number of aliphatic carboxylic acids is 1. The topological polar surface area (TPSA) is 209 Å². The maximum Gasteiger partial charge on any atom is 0.332 e. The summed E-state index contributed by atoms with van der Waals surface area (Å²) in [6.45, 7) is -1.37. The average molecular weight is 467 g/mol. The van der Waals surface area contributed by atoms with E-state index in [-0.39, 0.29) is 39.3 Å². The Balaban J connectivity index is 2.50. The van der Waals surface area contributed by atoms with Crippen LogP contribution in [0.15, 0.2) is 30.3 Å². The van der Waals surface area contributed by atoms with E-state index in [2.05, 4.69) is 21.3 Å². The fourth-order valence-electron chi connectivity index (χ4n) is 2.43. The van der Waals surface area contributed by atoms with Gasteiger partial charge >= 0.3 is 5.97 Å². The quantitative estimate of drug-likeness (QED) is 0.102. The van der Waals surface area contributed by atoms with Gasteiger partial charge in [0, 0.05) is 12.8 Å². The van der Waals surface area contributed by atoms with Crippen molar-refractivity contribution in [3.63, 3.8) is 0 Å². The van der Waals surface area contributed by atoms with Crippen LogP contribution in [0, 0.1) is 0 Å². The minimum absolute atomic E-state index is 0.0913. The van der Waals surface area contributed by atoms with Crippen LogP contribution in [0.1, 0.15) is 12.0 Å². The molecule has 0 spiro atoms. The number of carbonyl (C=O) groups excluding carboxylic acids is 4. The summed E-state index contributed by atoms with van der Waals surface area (Å²) in [5.74, 6) is -3.69. The van der Waals surface area contributed by atoms with E-state index in [0.717, 1.165) is 5.56 Å². The van der Waals surface area contributed by atoms with Gasteiger partial charge in [-0.15, -0.1) is 0 Å². The van der Waals surface area contributed by atoms with Crippen LogP contribution in [0.25, 0.3) is 0 Å². The molecule has 0 aliphatic heterocycles. The molecule has 0 aromatic heterocycles. The van der Waals surface area contributed by atoms with Gasteiger partial charge in [0.1, 0.15) is 12.8 Å². The van der Waals surface area contributed by atoms with E-state index in [4.69, 9.17) is 20.7 Å². The number of benzene rings is 1. The Labute approximate surface area is 190 Å². The zero-order valence-electron chi connectivity index (χ0n) is 17.9. The normalized spacial score (nSPS) is 12.2. The summed E-state index contributed by atoms with van der Waals surface area (Å²) in [5, 5.41) is 27.2. The summed E-state index contributed by atoms with van der Waals surface area (Å²) in [7, 11) is 0. The average Bonchev–Trinajstić information content (AvgIpc) is 2.80. The molecule has 0 aliphatic carbocycles. The number of carboxylic acids is 1. The van der Waals surface area contributed by atoms with Gasteiger partial charge in [-0.05, 0) is 5.56 Å². The van der Waals surface area contributed by atoms with E-state index in [1.807, 2.05) is 0 Å². The van der Waals surface area contributed by atoms with Crippen molar-refractivity contribution >= 4 is 29.6 Å². The van der Waals surface area contributed by atoms with E-state index < -0.39 is 48.3 Å². The van der Waals surface area contributed by atoms with Crippen molar-refractivity contribution in [2.24, 2.45) is 5.73 Å². The Hall–Kier alpha value is -3.55. The number of nitrogens with two attached hydrogens (primary N) is 1. The molecule has 0 heterocycles. The predicted octanol–water partition coefficient (Wildman–Crippen LogP) is -3.17. The minimum atomic E-state index is -1.56. The van der Waals surface area contributed by atoms with Gasteiger partial charge in [-0.3, -0.25) is 19.2 Å². The highest BCUT2D eigenvalue weighted by Gasteiger charge is 2.22. The highest BCUT2D eigenvalue weighted by atomic mass is 16.5. The van der Waals surface area contributed by atoms with Gasteiger partial charge in [0.05, 0.1) is 26.2 Å². The van der Waals surface area contributed by atoms with Gasteiger partial charge in [0.2, 0.25) is 23.6 Å². The highest BCUT2D eigenvalue weighted by molar-refractivity contribution is 5.92. The lowest BCUT2D eigenvalue weighted by Crippen LogP contribution is -2.52. The SMILES string of the molecule is NCC(=O)NCC(=O)N[C@@H](Cc1ccccc1)C(=O)NCC(=O)NCOCC[C@@H](O)C(=O)O. The number of carbonyl (C=O) groups is 5. The van der Waals surface area contributed by atoms with Crippen molar-refractivity contribution in [2.75, 3.05) is 33.0 Å². The van der Waals surface area contributed by atoms with Crippen LogP contribution in [0.3, 0.4) is 0 Å². The summed E-state index contributed by atoms with van der Waals surface area (Å²) in [5.41, 5.74) is 5.93. The van der Waals surface area contributed by atoms with Crippen molar-refractivity contribution in [3.05, 3.63) is 35.9 Å². The lowest BCUT2D eigenvalue weighted by atomic mass is 10.1. The van der Waals surface area contributed by atoms with E-state index in [1.54, 1.807) is 30.3 Å². The van der Waals surface area contributed by atoms with Crippen molar-refractivity contribution in [3.8, 4) is 0 Å². The van der Waals surface area contributed by atoms with Gasteiger partial charge < -0.3 is 42.0 Å². The number of aliphatic hydroxyl groups excluding tert-OH is 1. The Morgan fingerprint density at radius 1 is 0.939 bits per heavy atom. The Bertz CT molecular complexity index is 805. The molecule has 1 aromatic rings. The van der Waals surface area contributed by atoms with Crippen LogP contribution in [0.2, 0.25) is 0 Å². The molecule has 4 amide bonds. The fraction of sp³-hybridized carbons (Fsp3) is 0.450. The Morgan fingerprint density at radius 3 is 2.24 bits per heavy atom. The molecule has 0 radical (unpaired) electrons. The van der Waals surface area contributed by atoms with Crippen molar-refractivity contribution in [2.45, 2.75) is 25.0 Å². The molecule has 0 unspecified atom stereocenters. The fourth-order valence-corrected chi connectivity index (χ4v) is 2.43. The van der Waals surface area contributed by atoms with Crippen molar-refractivity contribution in [1.82, 2.24) is 21.3 Å². The summed E-state index contributed by atoms with van der Waals surface area (Å²) >= 11 is 0. The van der Waals surface area contributed by atoms with Crippen molar-refractivity contribution < 1.29 is 38.9 Å². The monoisotopic (exact) mass is 467 g/mol. The maximum absolute atomic E-state index is 12.6. The first-order chi connectivity index (χ1) is 15.7. The Kier molecular flexibility index (Phi) is 12.7. The minimum Gasteiger partial charge on any atom is -0.479 e. The molecule has 182 valence electrons. The summed E-state index contributed by atoms with van der Waals surface area (Å²) in [6, 6.07) is 7.89. The molecule has 0 fully saturated rings. The van der Waals surface area contributed by atoms with Gasteiger partial charge in [-0.25, -0.2) is 4.79 Å². The van der Waals surface area contributed by atoms with E-state index >= 15 is 0 Å². The molecular weight excluding hydrogens is 438 g/mol. The molecule has 0 aliphatic rings. The standard InChI is InChI=1S/C20H29N5O8/c21-9-16(27)22-11-18(29)25-14(8-13-4-2-1-3-5-13)19(30)23-10-17(28)24-12-33-7-6-15(26)20(31)32/h1-5,14-15,26H,6-12,21H2,(H,22,27)(H,23,30)(H,24,28)(H,25,29)(H,31,32)/t14-,15+/m0/s1. The van der Waals surface area contributed by atoms with Crippen LogP contribution < -0.4 is 27.0 Å². The molecule has 2 atom stereocenters. The van der Waals surface area contributed by atoms with Crippen LogP contribution >= 0.6 is 0 Å². The first-order valence-corrected chi connectivity index (χ1v) is 10.1. The first kappa shape index (κ1) is 27.5. The van der Waals surface area contributed by atoms with E-state index in [9.17, 15) is 24.0 Å². The number of ether oxygens (including phenoxy) is 1. The molecular formula is C20H29N5O8. The summed E-state index contributed by atoms with van der Waals surface area (Å²) in [6.07, 6.45) is -1.55. The van der Waals surface area contributed by atoms with Gasteiger partial charge in [-0.1, -0.05) is 30.3 Å². The van der Waals surface area contributed by atoms with E-state index in [1.165, 1.54) is 0 Å². The number of hydrogen-bond acceptors (Lipinski definition) is 8. The number of nitrogens with one attached hydrogen (secondary N) is 4. The third-order valence-electron chi connectivity index (χ3n) is 4.18. The zero-order chi connectivity index (χ0) is 24.6. The third-order valence-corrected chi connectivity index (χ3v) is 4.18. The van der Waals surface area contributed by atoms with Crippen LogP contribution in [-0.2, 0) is 35.1 Å². The number of hydrogen-bond donors (Lipinski definition) is 7. The van der Waals surface area contributed by atoms with Gasteiger partial charge in [0.15, 0.2) is 6.10 Å². The second kappa shape index (κ2) is 15.3. The predicted molar refractivity (Wildman–Crippen MR) is 114 cm³/mol. The maximum atomic E-state index is 12.6. The van der Waals surface area contributed by atoms with Crippen LogP contribution in [0.5, 0.6) is 0 Å². The molecule has 13 heteroatoms.